The summed E-state index contributed by atoms with van der Waals surface area (Å²) in [7, 11) is 0. The molecule has 0 saturated heterocycles. The van der Waals surface area contributed by atoms with Crippen molar-refractivity contribution in [1.29, 1.82) is 0 Å². The highest BCUT2D eigenvalue weighted by Crippen LogP contribution is 2.36. The van der Waals surface area contributed by atoms with Crippen LogP contribution in [0.5, 0.6) is 0 Å². The van der Waals surface area contributed by atoms with Gasteiger partial charge in [-0.25, -0.2) is 0 Å². The Hall–Kier alpha value is -0.540. The van der Waals surface area contributed by atoms with Gasteiger partial charge >= 0.3 is 0 Å². The molecule has 2 rings (SSSR count). The van der Waals surface area contributed by atoms with Gasteiger partial charge in [-0.05, 0) is 18.2 Å². The molecule has 0 aliphatic rings. The lowest BCUT2D eigenvalue weighted by Gasteiger charge is -2.02. The average Bonchev–Trinajstić information content (AvgIpc) is 2.70. The lowest BCUT2D eigenvalue weighted by atomic mass is 10.2. The van der Waals surface area contributed by atoms with Crippen molar-refractivity contribution < 1.29 is 5.11 Å². The molecule has 1 N–H and O–H groups in total. The number of rotatable bonds is 2. The second-order valence-corrected chi connectivity index (χ2v) is 4.98. The predicted octanol–water partition coefficient (Wildman–Crippen LogP) is 4.21. The zero-order chi connectivity index (χ0) is 10.8. The Bertz CT molecular complexity index is 479. The van der Waals surface area contributed by atoms with Crippen LogP contribution < -0.4 is 0 Å². The molecular formula is C11H8Cl2OS. The van der Waals surface area contributed by atoms with Gasteiger partial charge in [0.05, 0.1) is 16.7 Å². The fourth-order valence-electron chi connectivity index (χ4n) is 1.30. The van der Waals surface area contributed by atoms with Crippen LogP contribution in [0.4, 0.5) is 0 Å². The standard InChI is InChI=1S/C11H8Cl2OS/c12-9-3-1-2-8(11(9)13)10-5-4-7(6-14)15-10/h1-5,14H,6H2. The third kappa shape index (κ3) is 2.18. The van der Waals surface area contributed by atoms with Crippen LogP contribution in [0.25, 0.3) is 10.4 Å². The van der Waals surface area contributed by atoms with E-state index in [-0.39, 0.29) is 6.61 Å². The van der Waals surface area contributed by atoms with E-state index in [0.29, 0.717) is 10.0 Å². The molecule has 0 atom stereocenters. The Morgan fingerprint density at radius 1 is 1.13 bits per heavy atom. The van der Waals surface area contributed by atoms with E-state index in [1.165, 1.54) is 11.3 Å². The number of benzene rings is 1. The molecule has 1 heterocycles. The van der Waals surface area contributed by atoms with Crippen molar-refractivity contribution >= 4 is 34.5 Å². The third-order valence-corrected chi connectivity index (χ3v) is 3.96. The molecule has 0 radical (unpaired) electrons. The third-order valence-electron chi connectivity index (χ3n) is 2.03. The van der Waals surface area contributed by atoms with Gasteiger partial charge in [-0.1, -0.05) is 35.3 Å². The van der Waals surface area contributed by atoms with E-state index >= 15 is 0 Å². The molecule has 0 saturated carbocycles. The largest absolute Gasteiger partial charge is 0.391 e. The predicted molar refractivity (Wildman–Crippen MR) is 65.7 cm³/mol. The van der Waals surface area contributed by atoms with E-state index in [4.69, 9.17) is 28.3 Å². The van der Waals surface area contributed by atoms with Crippen LogP contribution in [-0.2, 0) is 6.61 Å². The molecule has 1 aromatic heterocycles. The van der Waals surface area contributed by atoms with Crippen molar-refractivity contribution in [2.75, 3.05) is 0 Å². The first-order valence-electron chi connectivity index (χ1n) is 4.36. The summed E-state index contributed by atoms with van der Waals surface area (Å²) in [6.07, 6.45) is 0. The minimum Gasteiger partial charge on any atom is -0.391 e. The number of halogens is 2. The van der Waals surface area contributed by atoms with Crippen LogP contribution in [0.2, 0.25) is 10.0 Å². The van der Waals surface area contributed by atoms with E-state index in [2.05, 4.69) is 0 Å². The Morgan fingerprint density at radius 3 is 2.60 bits per heavy atom. The monoisotopic (exact) mass is 258 g/mol. The smallest absolute Gasteiger partial charge is 0.0774 e. The summed E-state index contributed by atoms with van der Waals surface area (Å²) in [5.74, 6) is 0. The van der Waals surface area contributed by atoms with Gasteiger partial charge in [-0.15, -0.1) is 11.3 Å². The van der Waals surface area contributed by atoms with E-state index in [9.17, 15) is 0 Å². The first-order valence-corrected chi connectivity index (χ1v) is 5.93. The highest BCUT2D eigenvalue weighted by Gasteiger charge is 2.08. The van der Waals surface area contributed by atoms with Gasteiger partial charge in [0, 0.05) is 15.3 Å². The normalized spacial score (nSPS) is 10.6. The number of thiophene rings is 1. The molecule has 0 aliphatic heterocycles. The summed E-state index contributed by atoms with van der Waals surface area (Å²) >= 11 is 13.5. The number of hydrogen-bond acceptors (Lipinski definition) is 2. The van der Waals surface area contributed by atoms with Crippen molar-refractivity contribution in [2.24, 2.45) is 0 Å². The van der Waals surface area contributed by atoms with E-state index in [1.54, 1.807) is 6.07 Å². The van der Waals surface area contributed by atoms with Gasteiger partial charge in [0.2, 0.25) is 0 Å². The fourth-order valence-corrected chi connectivity index (χ4v) is 2.66. The second-order valence-electron chi connectivity index (χ2n) is 3.03. The summed E-state index contributed by atoms with van der Waals surface area (Å²) in [5.41, 5.74) is 0.911. The molecule has 0 bridgehead atoms. The summed E-state index contributed by atoms with van der Waals surface area (Å²) in [5, 5.41) is 10.1. The summed E-state index contributed by atoms with van der Waals surface area (Å²) in [4.78, 5) is 1.94. The van der Waals surface area contributed by atoms with Crippen LogP contribution >= 0.6 is 34.5 Å². The Morgan fingerprint density at radius 2 is 1.93 bits per heavy atom. The maximum absolute atomic E-state index is 8.97. The molecular weight excluding hydrogens is 251 g/mol. The molecule has 4 heteroatoms. The number of hydrogen-bond donors (Lipinski definition) is 1. The summed E-state index contributed by atoms with van der Waals surface area (Å²) in [6, 6.07) is 9.36. The van der Waals surface area contributed by atoms with Crippen molar-refractivity contribution in [3.8, 4) is 10.4 Å². The zero-order valence-corrected chi connectivity index (χ0v) is 10.0. The number of aliphatic hydroxyl groups is 1. The van der Waals surface area contributed by atoms with E-state index in [1.807, 2.05) is 24.3 Å². The Kier molecular flexibility index (Phi) is 3.32. The molecule has 0 amide bonds. The zero-order valence-electron chi connectivity index (χ0n) is 7.71. The minimum absolute atomic E-state index is 0.0584. The Labute approximate surface area is 102 Å². The number of aliphatic hydroxyl groups excluding tert-OH is 1. The van der Waals surface area contributed by atoms with Crippen LogP contribution in [0.1, 0.15) is 4.88 Å². The first-order chi connectivity index (χ1) is 7.22. The van der Waals surface area contributed by atoms with Gasteiger partial charge in [-0.3, -0.25) is 0 Å². The molecule has 1 aromatic carbocycles. The second kappa shape index (κ2) is 4.54. The van der Waals surface area contributed by atoms with Crippen molar-refractivity contribution in [3.05, 3.63) is 45.3 Å². The molecule has 0 fully saturated rings. The van der Waals surface area contributed by atoms with Gasteiger partial charge in [-0.2, -0.15) is 0 Å². The van der Waals surface area contributed by atoms with E-state index < -0.39 is 0 Å². The highest BCUT2D eigenvalue weighted by atomic mass is 35.5. The average molecular weight is 259 g/mol. The molecule has 15 heavy (non-hydrogen) atoms. The van der Waals surface area contributed by atoms with Gasteiger partial charge < -0.3 is 5.11 Å². The summed E-state index contributed by atoms with van der Waals surface area (Å²) < 4.78 is 0. The van der Waals surface area contributed by atoms with E-state index in [0.717, 1.165) is 15.3 Å². The van der Waals surface area contributed by atoms with Crippen LogP contribution in [0, 0.1) is 0 Å². The SMILES string of the molecule is OCc1ccc(-c2cccc(Cl)c2Cl)s1. The van der Waals surface area contributed by atoms with Crippen LogP contribution in [0.3, 0.4) is 0 Å². The highest BCUT2D eigenvalue weighted by molar-refractivity contribution is 7.15. The topological polar surface area (TPSA) is 20.2 Å². The lowest BCUT2D eigenvalue weighted by molar-refractivity contribution is 0.285. The maximum Gasteiger partial charge on any atom is 0.0774 e. The quantitative estimate of drug-likeness (QED) is 0.856. The molecule has 1 nitrogen and oxygen atoms in total. The summed E-state index contributed by atoms with van der Waals surface area (Å²) in [6.45, 7) is 0.0584. The van der Waals surface area contributed by atoms with Crippen LogP contribution in [-0.4, -0.2) is 5.11 Å². The maximum atomic E-state index is 8.97. The molecule has 0 aliphatic carbocycles. The molecule has 0 spiro atoms. The van der Waals surface area contributed by atoms with Gasteiger partial charge in [0.15, 0.2) is 0 Å². The molecule has 0 unspecified atom stereocenters. The first kappa shape index (κ1) is 11.0. The molecule has 2 aromatic rings. The fraction of sp³-hybridized carbons (Fsp3) is 0.0909. The van der Waals surface area contributed by atoms with Crippen molar-refractivity contribution in [1.82, 2.24) is 0 Å². The Balaban J connectivity index is 2.49. The van der Waals surface area contributed by atoms with Crippen LogP contribution in [0.15, 0.2) is 30.3 Å². The van der Waals surface area contributed by atoms with Gasteiger partial charge in [0.1, 0.15) is 0 Å². The van der Waals surface area contributed by atoms with Crippen molar-refractivity contribution in [3.63, 3.8) is 0 Å². The van der Waals surface area contributed by atoms with Crippen molar-refractivity contribution in [2.45, 2.75) is 6.61 Å². The lowest BCUT2D eigenvalue weighted by Crippen LogP contribution is -1.75. The minimum atomic E-state index is 0.0584. The molecule has 78 valence electrons. The van der Waals surface area contributed by atoms with Gasteiger partial charge in [0.25, 0.3) is 0 Å².